The SMILES string of the molecule is C=C/C(=C(\CN(C)C(=NC(=N)c1ccc2c(c1)oc1ccccc12)c1ccc2c(c1)oc1ccccc12)n1c2c(-c3ccccc3)ccc(-c3ccccc3)c2c2c(-c3ccccc3)ccc(-c3ccc(-c4cccc(CC)c4)cc3)c21)c1ccccc1. The van der Waals surface area contributed by atoms with Gasteiger partial charge >= 0.3 is 0 Å². The summed E-state index contributed by atoms with van der Waals surface area (Å²) in [6.45, 7) is 7.19. The summed E-state index contributed by atoms with van der Waals surface area (Å²) in [5, 5.41) is 16.3. The summed E-state index contributed by atoms with van der Waals surface area (Å²) in [6.07, 6.45) is 2.98. The third-order valence-electron chi connectivity index (χ3n) is 17.3. The van der Waals surface area contributed by atoms with E-state index in [-0.39, 0.29) is 5.84 Å². The van der Waals surface area contributed by atoms with Gasteiger partial charge in [0, 0.05) is 67.2 Å². The van der Waals surface area contributed by atoms with Gasteiger partial charge in [0.2, 0.25) is 0 Å². The van der Waals surface area contributed by atoms with Gasteiger partial charge in [0.05, 0.1) is 23.3 Å². The van der Waals surface area contributed by atoms with Gasteiger partial charge in [-0.1, -0.05) is 262 Å². The highest BCUT2D eigenvalue weighted by Crippen LogP contribution is 2.50. The molecule has 15 aromatic rings. The standard InChI is InChI=1S/C82H60N4O2/c1-4-53-23-22-32-60(49-53)54-37-39-59(40-38-54)67-48-46-65(57-28-14-8-15-29-57)78-77-64(56-26-12-7-13-27-56)45-47-66(58-30-16-9-17-31-58)79(77)86(80(67)78)72(63(5-2)55-24-10-6-11-25-55)52-85(3)82(62-42-44-71-69-34-19-21-36-74(69)88-76(71)51-62)84-81(83)61-41-43-70-68-33-18-20-35-73(68)87-75(70)50-61/h5-51,83H,2,4,52H2,1,3H3/b72-63-,83-81?,84-82?. The maximum Gasteiger partial charge on any atom is 0.154 e. The summed E-state index contributed by atoms with van der Waals surface area (Å²) in [5.41, 5.74) is 21.8. The van der Waals surface area contributed by atoms with Crippen molar-refractivity contribution in [2.75, 3.05) is 13.6 Å². The van der Waals surface area contributed by atoms with Crippen LogP contribution in [0.2, 0.25) is 0 Å². The predicted octanol–water partition coefficient (Wildman–Crippen LogP) is 21.4. The zero-order chi connectivity index (χ0) is 59.2. The molecule has 0 amide bonds. The largest absolute Gasteiger partial charge is 0.456 e. The lowest BCUT2D eigenvalue weighted by Gasteiger charge is -2.27. The Kier molecular flexibility index (Phi) is 13.7. The average molecular weight is 1130 g/mol. The molecule has 0 spiro atoms. The van der Waals surface area contributed by atoms with E-state index in [1.807, 2.05) is 60.7 Å². The van der Waals surface area contributed by atoms with Crippen LogP contribution in [0.5, 0.6) is 0 Å². The van der Waals surface area contributed by atoms with Crippen molar-refractivity contribution in [1.82, 2.24) is 9.47 Å². The van der Waals surface area contributed by atoms with Crippen LogP contribution in [0.3, 0.4) is 0 Å². The number of hydrogen-bond donors (Lipinski definition) is 1. The molecule has 3 aromatic heterocycles. The summed E-state index contributed by atoms with van der Waals surface area (Å²) in [4.78, 5) is 7.62. The number of aromatic nitrogens is 1. The molecule has 12 aromatic carbocycles. The maximum atomic E-state index is 9.99. The van der Waals surface area contributed by atoms with Gasteiger partial charge in [0.1, 0.15) is 28.2 Å². The van der Waals surface area contributed by atoms with Crippen LogP contribution in [0.4, 0.5) is 0 Å². The number of para-hydroxylation sites is 2. The fourth-order valence-electron chi connectivity index (χ4n) is 13.0. The molecular formula is C82H60N4O2. The number of rotatable bonds is 13. The third kappa shape index (κ3) is 9.49. The van der Waals surface area contributed by atoms with Crippen molar-refractivity contribution in [3.05, 3.63) is 314 Å². The Labute approximate surface area is 511 Å². The van der Waals surface area contributed by atoms with Crippen LogP contribution in [-0.2, 0) is 6.42 Å². The number of hydrogen-bond acceptors (Lipinski definition) is 3. The van der Waals surface area contributed by atoms with Gasteiger partial charge in [-0.3, -0.25) is 5.41 Å². The van der Waals surface area contributed by atoms with Crippen molar-refractivity contribution < 1.29 is 8.83 Å². The number of fused-ring (bicyclic) bond motifs is 9. The van der Waals surface area contributed by atoms with Crippen molar-refractivity contribution in [1.29, 1.82) is 5.41 Å². The lowest BCUT2D eigenvalue weighted by atomic mass is 9.90. The second-order valence-corrected chi connectivity index (χ2v) is 22.5. The minimum absolute atomic E-state index is 0.0850. The van der Waals surface area contributed by atoms with Gasteiger partial charge in [-0.15, -0.1) is 0 Å². The van der Waals surface area contributed by atoms with Crippen LogP contribution in [0.1, 0.15) is 29.2 Å². The van der Waals surface area contributed by atoms with Gasteiger partial charge in [-0.2, -0.15) is 0 Å². The summed E-state index contributed by atoms with van der Waals surface area (Å²) in [7, 11) is 2.09. The van der Waals surface area contributed by atoms with E-state index in [1.54, 1.807) is 0 Å². The Hall–Kier alpha value is -11.3. The van der Waals surface area contributed by atoms with Gasteiger partial charge in [0.15, 0.2) is 5.84 Å². The van der Waals surface area contributed by atoms with Crippen LogP contribution in [0.15, 0.2) is 306 Å². The quantitative estimate of drug-likeness (QED) is 0.0710. The van der Waals surface area contributed by atoms with E-state index in [0.717, 1.165) is 139 Å². The minimum Gasteiger partial charge on any atom is -0.456 e. The molecule has 0 radical (unpaired) electrons. The first-order valence-corrected chi connectivity index (χ1v) is 30.0. The van der Waals surface area contributed by atoms with Crippen molar-refractivity contribution in [3.8, 4) is 55.6 Å². The van der Waals surface area contributed by atoms with E-state index >= 15 is 0 Å². The second kappa shape index (κ2) is 22.6. The normalized spacial score (nSPS) is 12.2. The molecule has 0 saturated carbocycles. The number of nitrogens with zero attached hydrogens (tertiary/aromatic N) is 3. The molecule has 420 valence electrons. The lowest BCUT2D eigenvalue weighted by molar-refractivity contribution is 0.566. The van der Waals surface area contributed by atoms with Gasteiger partial charge in [0.25, 0.3) is 0 Å². The maximum absolute atomic E-state index is 9.99. The van der Waals surface area contributed by atoms with Crippen molar-refractivity contribution in [2.45, 2.75) is 13.3 Å². The molecule has 0 aliphatic rings. The molecule has 0 atom stereocenters. The number of furan rings is 2. The minimum atomic E-state index is 0.0850. The first-order valence-electron chi connectivity index (χ1n) is 30.0. The van der Waals surface area contributed by atoms with Gasteiger partial charge in [-0.05, 0) is 98.5 Å². The number of likely N-dealkylation sites (N-methyl/N-ethyl adjacent to an activating group) is 1. The summed E-state index contributed by atoms with van der Waals surface area (Å²) in [6, 6.07) is 98.7. The Morgan fingerprint density at radius 2 is 0.875 bits per heavy atom. The van der Waals surface area contributed by atoms with E-state index < -0.39 is 0 Å². The number of allylic oxidation sites excluding steroid dienone is 2. The first kappa shape index (κ1) is 53.4. The number of aliphatic imine (C=N–C) groups is 1. The number of aryl methyl sites for hydroxylation is 1. The molecular weight excluding hydrogens is 1070 g/mol. The first-order chi connectivity index (χ1) is 43.4. The van der Waals surface area contributed by atoms with Crippen LogP contribution in [0, 0.1) is 5.41 Å². The Morgan fingerprint density at radius 1 is 0.432 bits per heavy atom. The molecule has 3 heterocycles. The fourth-order valence-corrected chi connectivity index (χ4v) is 13.0. The number of amidine groups is 2. The molecule has 88 heavy (non-hydrogen) atoms. The van der Waals surface area contributed by atoms with Crippen LogP contribution in [-0.4, -0.2) is 34.7 Å². The Bertz CT molecular complexity index is 5240. The summed E-state index contributed by atoms with van der Waals surface area (Å²) in [5.74, 6) is 0.662. The molecule has 0 fully saturated rings. The fraction of sp³-hybridized carbons (Fsp3) is 0.0488. The van der Waals surface area contributed by atoms with Crippen molar-refractivity contribution >= 4 is 88.6 Å². The number of benzene rings is 12. The summed E-state index contributed by atoms with van der Waals surface area (Å²) < 4.78 is 15.6. The average Bonchev–Trinajstić information content (AvgIpc) is 1.65. The van der Waals surface area contributed by atoms with Gasteiger partial charge in [-0.25, -0.2) is 4.99 Å². The highest BCUT2D eigenvalue weighted by Gasteiger charge is 2.29. The molecule has 1 N–H and O–H groups in total. The zero-order valence-corrected chi connectivity index (χ0v) is 48.9. The van der Waals surface area contributed by atoms with E-state index in [2.05, 4.69) is 254 Å². The van der Waals surface area contributed by atoms with Crippen LogP contribution < -0.4 is 0 Å². The Balaban J connectivity index is 1.04. The molecule has 6 heteroatoms. The molecule has 0 aliphatic carbocycles. The zero-order valence-electron chi connectivity index (χ0n) is 48.9. The van der Waals surface area contributed by atoms with Gasteiger partial charge < -0.3 is 18.3 Å². The third-order valence-corrected chi connectivity index (χ3v) is 17.3. The molecule has 0 unspecified atom stereocenters. The monoisotopic (exact) mass is 1130 g/mol. The topological polar surface area (TPSA) is 70.7 Å². The smallest absolute Gasteiger partial charge is 0.154 e. The van der Waals surface area contributed by atoms with Crippen LogP contribution in [0.25, 0.3) is 133 Å². The molecule has 6 nitrogen and oxygen atoms in total. The molecule has 0 saturated heterocycles. The molecule has 0 aliphatic heterocycles. The highest BCUT2D eigenvalue weighted by atomic mass is 16.3. The molecule has 0 bridgehead atoms. The number of nitrogens with one attached hydrogen (secondary N) is 1. The van der Waals surface area contributed by atoms with E-state index in [0.29, 0.717) is 23.5 Å². The predicted molar refractivity (Wildman–Crippen MR) is 369 cm³/mol. The van der Waals surface area contributed by atoms with E-state index in [1.165, 1.54) is 11.1 Å². The highest BCUT2D eigenvalue weighted by molar-refractivity contribution is 6.27. The Morgan fingerprint density at radius 3 is 1.42 bits per heavy atom. The lowest BCUT2D eigenvalue weighted by Crippen LogP contribution is -2.31. The van der Waals surface area contributed by atoms with Crippen molar-refractivity contribution in [3.63, 3.8) is 0 Å². The van der Waals surface area contributed by atoms with Crippen LogP contribution >= 0.6 is 0 Å². The van der Waals surface area contributed by atoms with Crippen molar-refractivity contribution in [2.24, 2.45) is 4.99 Å². The summed E-state index contributed by atoms with van der Waals surface area (Å²) >= 11 is 0. The second-order valence-electron chi connectivity index (χ2n) is 22.5. The van der Waals surface area contributed by atoms with E-state index in [4.69, 9.17) is 13.8 Å². The molecule has 15 rings (SSSR count). The van der Waals surface area contributed by atoms with E-state index in [9.17, 15) is 5.41 Å².